The highest BCUT2D eigenvalue weighted by Crippen LogP contribution is 2.34. The molecule has 0 radical (unpaired) electrons. The van der Waals surface area contributed by atoms with Crippen molar-refractivity contribution in [3.63, 3.8) is 0 Å². The van der Waals surface area contributed by atoms with Gasteiger partial charge in [-0.05, 0) is 49.0 Å². The highest BCUT2D eigenvalue weighted by Gasteiger charge is 2.10. The van der Waals surface area contributed by atoms with Crippen LogP contribution in [0.15, 0.2) is 53.0 Å². The molecule has 0 aliphatic carbocycles. The van der Waals surface area contributed by atoms with Crippen molar-refractivity contribution in [1.82, 2.24) is 14.9 Å². The van der Waals surface area contributed by atoms with Crippen molar-refractivity contribution >= 4 is 49.9 Å². The molecule has 0 fully saturated rings. The van der Waals surface area contributed by atoms with Crippen molar-refractivity contribution in [1.29, 1.82) is 0 Å². The fourth-order valence-electron chi connectivity index (χ4n) is 3.37. The summed E-state index contributed by atoms with van der Waals surface area (Å²) in [5.74, 6) is 1.07. The number of nitrogens with two attached hydrogens (primary N) is 1. The standard InChI is InChI=1S/C22H24N4S2/c1-3-26(4-2)9-10-27-16-6-7-19-17(12-16)22(23)18(13-24-19)15-5-8-21-20(11-15)25-14-28-21/h5-8,11-14H,3-4,9-10H2,1-2H3,(H2,23,24). The SMILES string of the molecule is CCN(CC)CCSc1ccc2ncc(-c3ccc4scnc4c3)c(N)c2c1. The van der Waals surface area contributed by atoms with E-state index in [1.807, 2.05) is 23.5 Å². The predicted octanol–water partition coefficient (Wildman–Crippen LogP) is 5.53. The first kappa shape index (κ1) is 19.2. The summed E-state index contributed by atoms with van der Waals surface area (Å²) in [4.78, 5) is 12.7. The molecule has 0 aliphatic rings. The van der Waals surface area contributed by atoms with Gasteiger partial charge in [-0.3, -0.25) is 4.98 Å². The zero-order valence-corrected chi connectivity index (χ0v) is 17.8. The van der Waals surface area contributed by atoms with Crippen molar-refractivity contribution in [3.8, 4) is 11.1 Å². The molecule has 2 aromatic heterocycles. The number of pyridine rings is 1. The van der Waals surface area contributed by atoms with E-state index in [4.69, 9.17) is 5.73 Å². The highest BCUT2D eigenvalue weighted by atomic mass is 32.2. The molecule has 144 valence electrons. The zero-order valence-electron chi connectivity index (χ0n) is 16.2. The third-order valence-electron chi connectivity index (χ3n) is 5.09. The molecule has 2 N–H and O–H groups in total. The van der Waals surface area contributed by atoms with Gasteiger partial charge < -0.3 is 10.6 Å². The van der Waals surface area contributed by atoms with Gasteiger partial charge in [0.15, 0.2) is 0 Å². The van der Waals surface area contributed by atoms with Crippen LogP contribution in [0.1, 0.15) is 13.8 Å². The summed E-state index contributed by atoms with van der Waals surface area (Å²) < 4.78 is 1.18. The second kappa shape index (κ2) is 8.47. The van der Waals surface area contributed by atoms with Crippen LogP contribution in [-0.4, -0.2) is 40.3 Å². The highest BCUT2D eigenvalue weighted by molar-refractivity contribution is 7.99. The van der Waals surface area contributed by atoms with Gasteiger partial charge in [-0.25, -0.2) is 4.98 Å². The molecule has 4 aromatic rings. The molecule has 0 unspecified atom stereocenters. The minimum Gasteiger partial charge on any atom is -0.398 e. The van der Waals surface area contributed by atoms with Crippen molar-refractivity contribution < 1.29 is 0 Å². The number of rotatable bonds is 7. The van der Waals surface area contributed by atoms with Crippen molar-refractivity contribution in [2.45, 2.75) is 18.7 Å². The summed E-state index contributed by atoms with van der Waals surface area (Å²) in [5, 5.41) is 1.02. The molecular weight excluding hydrogens is 384 g/mol. The van der Waals surface area contributed by atoms with Crippen molar-refractivity contribution in [2.24, 2.45) is 0 Å². The van der Waals surface area contributed by atoms with E-state index in [-0.39, 0.29) is 0 Å². The number of aromatic nitrogens is 2. The van der Waals surface area contributed by atoms with Crippen LogP contribution in [0.2, 0.25) is 0 Å². The van der Waals surface area contributed by atoms with Crippen molar-refractivity contribution in [3.05, 3.63) is 48.1 Å². The number of anilines is 1. The number of nitrogen functional groups attached to an aromatic ring is 1. The minimum absolute atomic E-state index is 0.783. The molecule has 4 nitrogen and oxygen atoms in total. The van der Waals surface area contributed by atoms with Crippen molar-refractivity contribution in [2.75, 3.05) is 31.1 Å². The Bertz CT molecular complexity index is 1100. The number of benzene rings is 2. The topological polar surface area (TPSA) is 55.0 Å². The van der Waals surface area contributed by atoms with Crippen LogP contribution in [0.25, 0.3) is 32.2 Å². The Labute approximate surface area is 173 Å². The number of hydrogen-bond acceptors (Lipinski definition) is 6. The summed E-state index contributed by atoms with van der Waals surface area (Å²) in [6.07, 6.45) is 1.87. The summed E-state index contributed by atoms with van der Waals surface area (Å²) in [6.45, 7) is 7.70. The van der Waals surface area contributed by atoms with E-state index >= 15 is 0 Å². The maximum Gasteiger partial charge on any atom is 0.0818 e. The fourth-order valence-corrected chi connectivity index (χ4v) is 4.98. The van der Waals surface area contributed by atoms with E-state index in [1.54, 1.807) is 11.3 Å². The second-order valence-electron chi connectivity index (χ2n) is 6.67. The van der Waals surface area contributed by atoms with Gasteiger partial charge in [0.05, 0.1) is 26.9 Å². The van der Waals surface area contributed by atoms with E-state index < -0.39 is 0 Å². The van der Waals surface area contributed by atoms with Crippen LogP contribution in [0.4, 0.5) is 5.69 Å². The molecule has 6 heteroatoms. The maximum absolute atomic E-state index is 6.58. The zero-order chi connectivity index (χ0) is 19.5. The lowest BCUT2D eigenvalue weighted by Crippen LogP contribution is -2.25. The largest absolute Gasteiger partial charge is 0.398 e. The van der Waals surface area contributed by atoms with Crippen LogP contribution >= 0.6 is 23.1 Å². The predicted molar refractivity (Wildman–Crippen MR) is 123 cm³/mol. The number of nitrogens with zero attached hydrogens (tertiary/aromatic N) is 3. The molecule has 0 bridgehead atoms. The molecule has 4 rings (SSSR count). The quantitative estimate of drug-likeness (QED) is 0.408. The molecule has 2 heterocycles. The lowest BCUT2D eigenvalue weighted by atomic mass is 10.0. The summed E-state index contributed by atoms with van der Waals surface area (Å²) in [7, 11) is 0. The molecular formula is C22H24N4S2. The Hall–Kier alpha value is -2.15. The maximum atomic E-state index is 6.58. The van der Waals surface area contributed by atoms with Gasteiger partial charge >= 0.3 is 0 Å². The third-order valence-corrected chi connectivity index (χ3v) is 6.88. The fraction of sp³-hybridized carbons (Fsp3) is 0.273. The number of thiazole rings is 1. The smallest absolute Gasteiger partial charge is 0.0818 e. The monoisotopic (exact) mass is 408 g/mol. The lowest BCUT2D eigenvalue weighted by molar-refractivity contribution is 0.324. The van der Waals surface area contributed by atoms with Gasteiger partial charge in [0, 0.05) is 34.3 Å². The van der Waals surface area contributed by atoms with Crippen LogP contribution in [0, 0.1) is 0 Å². The van der Waals surface area contributed by atoms with Gasteiger partial charge in [-0.15, -0.1) is 23.1 Å². The Morgan fingerprint density at radius 2 is 1.89 bits per heavy atom. The summed E-state index contributed by atoms with van der Waals surface area (Å²) in [5.41, 5.74) is 13.2. The Balaban J connectivity index is 1.63. The van der Waals surface area contributed by atoms with E-state index in [0.717, 1.165) is 58.6 Å². The van der Waals surface area contributed by atoms with Gasteiger partial charge in [0.2, 0.25) is 0 Å². The third kappa shape index (κ3) is 3.85. The second-order valence-corrected chi connectivity index (χ2v) is 8.73. The molecule has 0 amide bonds. The van der Waals surface area contributed by atoms with Gasteiger partial charge in [0.25, 0.3) is 0 Å². The van der Waals surface area contributed by atoms with E-state index in [2.05, 4.69) is 65.1 Å². The lowest BCUT2D eigenvalue weighted by Gasteiger charge is -2.17. The normalized spacial score (nSPS) is 11.7. The molecule has 0 saturated heterocycles. The van der Waals surface area contributed by atoms with Gasteiger partial charge in [-0.2, -0.15) is 0 Å². The molecule has 0 saturated carbocycles. The van der Waals surface area contributed by atoms with Crippen LogP contribution < -0.4 is 5.73 Å². The first-order valence-corrected chi connectivity index (χ1v) is 11.4. The average Bonchev–Trinajstić information content (AvgIpc) is 3.20. The van der Waals surface area contributed by atoms with Crippen LogP contribution in [-0.2, 0) is 0 Å². The van der Waals surface area contributed by atoms with Gasteiger partial charge in [-0.1, -0.05) is 19.9 Å². The summed E-state index contributed by atoms with van der Waals surface area (Å²) in [6, 6.07) is 12.7. The van der Waals surface area contributed by atoms with E-state index in [0.29, 0.717) is 0 Å². The molecule has 0 spiro atoms. The number of hydrogen-bond donors (Lipinski definition) is 1. The molecule has 2 aromatic carbocycles. The average molecular weight is 409 g/mol. The first-order valence-electron chi connectivity index (χ1n) is 9.56. The first-order chi connectivity index (χ1) is 13.7. The van der Waals surface area contributed by atoms with Crippen LogP contribution in [0.3, 0.4) is 0 Å². The molecule has 0 atom stereocenters. The number of thioether (sulfide) groups is 1. The van der Waals surface area contributed by atoms with Gasteiger partial charge in [0.1, 0.15) is 0 Å². The molecule has 0 aliphatic heterocycles. The molecule has 28 heavy (non-hydrogen) atoms. The Morgan fingerprint density at radius 3 is 2.71 bits per heavy atom. The van der Waals surface area contributed by atoms with E-state index in [9.17, 15) is 0 Å². The minimum atomic E-state index is 0.783. The Morgan fingerprint density at radius 1 is 1.04 bits per heavy atom. The Kier molecular flexibility index (Phi) is 5.80. The summed E-state index contributed by atoms with van der Waals surface area (Å²) >= 11 is 3.52. The van der Waals surface area contributed by atoms with Crippen LogP contribution in [0.5, 0.6) is 0 Å². The van der Waals surface area contributed by atoms with E-state index in [1.165, 1.54) is 9.60 Å². The number of fused-ring (bicyclic) bond motifs is 2.